The van der Waals surface area contributed by atoms with Gasteiger partial charge in [0.2, 0.25) is 11.8 Å². The van der Waals surface area contributed by atoms with E-state index in [9.17, 15) is 19.5 Å². The Morgan fingerprint density at radius 2 is 2.00 bits per heavy atom. The quantitative estimate of drug-likeness (QED) is 0.352. The topological polar surface area (TPSA) is 134 Å². The molecule has 1 rings (SSSR count). The molecule has 0 aromatic rings. The van der Waals surface area contributed by atoms with Crippen LogP contribution in [0.2, 0.25) is 0 Å². The van der Waals surface area contributed by atoms with Crippen molar-refractivity contribution in [2.75, 3.05) is 13.1 Å². The molecule has 1 fully saturated rings. The van der Waals surface area contributed by atoms with Gasteiger partial charge in [0.05, 0.1) is 18.1 Å². The molecule has 0 aromatic heterocycles. The summed E-state index contributed by atoms with van der Waals surface area (Å²) in [5, 5.41) is 18.2. The predicted octanol–water partition coefficient (Wildman–Crippen LogP) is -1.34. The zero-order chi connectivity index (χ0) is 18.3. The lowest BCUT2D eigenvalue weighted by molar-refractivity contribution is -0.135. The molecule has 8 heteroatoms. The molecule has 138 valence electrons. The number of nitrogens with two attached hydrogens (primary N) is 1. The van der Waals surface area contributed by atoms with Crippen LogP contribution < -0.4 is 21.7 Å². The number of Topliss-reactive ketones (excluding diaryl/α,β-unsaturated/α-hetero) is 1. The number of rotatable bonds is 9. The molecule has 8 nitrogen and oxygen atoms in total. The lowest BCUT2D eigenvalue weighted by Crippen LogP contribution is -2.56. The molecule has 24 heavy (non-hydrogen) atoms. The molecular formula is C16H30N4O4. The van der Waals surface area contributed by atoms with E-state index in [4.69, 9.17) is 5.73 Å². The Hall–Kier alpha value is -1.51. The summed E-state index contributed by atoms with van der Waals surface area (Å²) < 4.78 is 0. The Balaban J connectivity index is 2.70. The maximum absolute atomic E-state index is 12.4. The van der Waals surface area contributed by atoms with E-state index in [-0.39, 0.29) is 36.6 Å². The third kappa shape index (κ3) is 5.85. The molecule has 0 bridgehead atoms. The first-order chi connectivity index (χ1) is 11.3. The van der Waals surface area contributed by atoms with Gasteiger partial charge in [-0.15, -0.1) is 0 Å². The van der Waals surface area contributed by atoms with Crippen LogP contribution in [0, 0.1) is 5.92 Å². The fraction of sp³-hybridized carbons (Fsp3) is 0.812. The Labute approximate surface area is 142 Å². The highest BCUT2D eigenvalue weighted by atomic mass is 16.3. The maximum Gasteiger partial charge on any atom is 0.245 e. The molecule has 3 unspecified atom stereocenters. The Bertz CT molecular complexity index is 455. The SMILES string of the molecule is CCC(=O)[C@H](CCN)NC(=O)[C@@H](NC(=O)C1CNC(C)C1)C(C)O. The van der Waals surface area contributed by atoms with E-state index in [1.54, 1.807) is 6.92 Å². The molecule has 5 atom stereocenters. The minimum Gasteiger partial charge on any atom is -0.391 e. The zero-order valence-corrected chi connectivity index (χ0v) is 14.7. The van der Waals surface area contributed by atoms with Crippen LogP contribution in [0.25, 0.3) is 0 Å². The molecule has 1 aliphatic heterocycles. The zero-order valence-electron chi connectivity index (χ0n) is 14.7. The number of carbonyl (C=O) groups is 3. The molecule has 0 radical (unpaired) electrons. The Morgan fingerprint density at radius 1 is 1.33 bits per heavy atom. The minimum atomic E-state index is -1.10. The number of aliphatic hydroxyl groups is 1. The highest BCUT2D eigenvalue weighted by Gasteiger charge is 2.33. The highest BCUT2D eigenvalue weighted by molar-refractivity contribution is 5.93. The molecule has 1 heterocycles. The average Bonchev–Trinajstić information content (AvgIpc) is 2.97. The number of nitrogens with one attached hydrogen (secondary N) is 3. The van der Waals surface area contributed by atoms with Crippen molar-refractivity contribution in [3.8, 4) is 0 Å². The predicted molar refractivity (Wildman–Crippen MR) is 90.1 cm³/mol. The Kier molecular flexibility index (Phi) is 8.30. The van der Waals surface area contributed by atoms with Crippen LogP contribution in [-0.4, -0.2) is 60.0 Å². The molecule has 2 amide bonds. The third-order valence-corrected chi connectivity index (χ3v) is 4.29. The van der Waals surface area contributed by atoms with E-state index in [2.05, 4.69) is 16.0 Å². The van der Waals surface area contributed by atoms with E-state index in [0.29, 0.717) is 19.4 Å². The summed E-state index contributed by atoms with van der Waals surface area (Å²) in [5.41, 5.74) is 5.48. The summed E-state index contributed by atoms with van der Waals surface area (Å²) in [5.74, 6) is -1.20. The molecule has 0 aromatic carbocycles. The monoisotopic (exact) mass is 342 g/mol. The van der Waals surface area contributed by atoms with Crippen molar-refractivity contribution in [3.63, 3.8) is 0 Å². The largest absolute Gasteiger partial charge is 0.391 e. The smallest absolute Gasteiger partial charge is 0.245 e. The summed E-state index contributed by atoms with van der Waals surface area (Å²) >= 11 is 0. The fourth-order valence-corrected chi connectivity index (χ4v) is 2.80. The number of aliphatic hydroxyl groups excluding tert-OH is 1. The second kappa shape index (κ2) is 9.71. The van der Waals surface area contributed by atoms with Crippen LogP contribution >= 0.6 is 0 Å². The van der Waals surface area contributed by atoms with E-state index < -0.39 is 24.1 Å². The van der Waals surface area contributed by atoms with Gasteiger partial charge in [-0.1, -0.05) is 6.92 Å². The van der Waals surface area contributed by atoms with Gasteiger partial charge in [0.15, 0.2) is 5.78 Å². The lowest BCUT2D eigenvalue weighted by Gasteiger charge is -2.25. The van der Waals surface area contributed by atoms with Crippen molar-refractivity contribution in [1.82, 2.24) is 16.0 Å². The van der Waals surface area contributed by atoms with Crippen molar-refractivity contribution < 1.29 is 19.5 Å². The minimum absolute atomic E-state index is 0.127. The summed E-state index contributed by atoms with van der Waals surface area (Å²) in [6.45, 7) is 5.93. The normalized spacial score (nSPS) is 24.0. The van der Waals surface area contributed by atoms with Gasteiger partial charge in [0.1, 0.15) is 6.04 Å². The van der Waals surface area contributed by atoms with Crippen LogP contribution in [0.1, 0.15) is 40.0 Å². The van der Waals surface area contributed by atoms with Gasteiger partial charge in [-0.3, -0.25) is 14.4 Å². The van der Waals surface area contributed by atoms with Crippen LogP contribution in [-0.2, 0) is 14.4 Å². The average molecular weight is 342 g/mol. The maximum atomic E-state index is 12.4. The lowest BCUT2D eigenvalue weighted by atomic mass is 10.0. The van der Waals surface area contributed by atoms with Crippen LogP contribution in [0.3, 0.4) is 0 Å². The first-order valence-electron chi connectivity index (χ1n) is 8.55. The molecule has 1 aliphatic rings. The first kappa shape index (κ1) is 20.5. The summed E-state index contributed by atoms with van der Waals surface area (Å²) in [6.07, 6.45) is 0.214. The number of ketones is 1. The van der Waals surface area contributed by atoms with Gasteiger partial charge >= 0.3 is 0 Å². The molecule has 0 saturated carbocycles. The Morgan fingerprint density at radius 3 is 2.46 bits per heavy atom. The van der Waals surface area contributed by atoms with Gasteiger partial charge in [0.25, 0.3) is 0 Å². The van der Waals surface area contributed by atoms with Crippen molar-refractivity contribution in [1.29, 1.82) is 0 Å². The van der Waals surface area contributed by atoms with Gasteiger partial charge in [-0.05, 0) is 33.2 Å². The summed E-state index contributed by atoms with van der Waals surface area (Å²) in [4.78, 5) is 36.6. The van der Waals surface area contributed by atoms with Crippen LogP contribution in [0.15, 0.2) is 0 Å². The number of hydrogen-bond acceptors (Lipinski definition) is 6. The van der Waals surface area contributed by atoms with Crippen molar-refractivity contribution in [2.24, 2.45) is 11.7 Å². The summed E-state index contributed by atoms with van der Waals surface area (Å²) in [7, 11) is 0. The second-order valence-electron chi connectivity index (χ2n) is 6.43. The standard InChI is InChI=1S/C16H30N4O4/c1-4-13(22)12(5-6-17)19-16(24)14(10(3)21)20-15(23)11-7-9(2)18-8-11/h9-12,14,18,21H,4-8,17H2,1-3H3,(H,19,24)(H,20,23)/t9?,10?,11?,12-,14-/m0/s1. The molecule has 0 aliphatic carbocycles. The van der Waals surface area contributed by atoms with E-state index >= 15 is 0 Å². The van der Waals surface area contributed by atoms with Gasteiger partial charge in [-0.2, -0.15) is 0 Å². The van der Waals surface area contributed by atoms with Gasteiger partial charge < -0.3 is 26.8 Å². The van der Waals surface area contributed by atoms with Gasteiger partial charge in [-0.25, -0.2) is 0 Å². The first-order valence-corrected chi connectivity index (χ1v) is 8.55. The number of amides is 2. The van der Waals surface area contributed by atoms with E-state index in [0.717, 1.165) is 0 Å². The third-order valence-electron chi connectivity index (χ3n) is 4.29. The van der Waals surface area contributed by atoms with Crippen molar-refractivity contribution in [3.05, 3.63) is 0 Å². The molecule has 0 spiro atoms. The van der Waals surface area contributed by atoms with E-state index in [1.165, 1.54) is 6.92 Å². The second-order valence-corrected chi connectivity index (χ2v) is 6.43. The fourth-order valence-electron chi connectivity index (χ4n) is 2.80. The molecule has 6 N–H and O–H groups in total. The van der Waals surface area contributed by atoms with Crippen LogP contribution in [0.5, 0.6) is 0 Å². The van der Waals surface area contributed by atoms with Crippen molar-refractivity contribution >= 4 is 17.6 Å². The number of carbonyl (C=O) groups excluding carboxylic acids is 3. The summed E-state index contributed by atoms with van der Waals surface area (Å²) in [6, 6.07) is -1.55. The molecular weight excluding hydrogens is 312 g/mol. The van der Waals surface area contributed by atoms with E-state index in [1.807, 2.05) is 6.92 Å². The number of hydrogen-bond donors (Lipinski definition) is 5. The van der Waals surface area contributed by atoms with Gasteiger partial charge in [0, 0.05) is 19.0 Å². The highest BCUT2D eigenvalue weighted by Crippen LogP contribution is 2.14. The van der Waals surface area contributed by atoms with Crippen LogP contribution in [0.4, 0.5) is 0 Å². The van der Waals surface area contributed by atoms with Crippen molar-refractivity contribution in [2.45, 2.75) is 64.3 Å². The molecule has 1 saturated heterocycles.